The van der Waals surface area contributed by atoms with E-state index in [9.17, 15) is 14.5 Å². The standard InChI is InChI=1S/C12H12FN5O2/c13-9-3-1-8(2-4-9)5-6-15-12-16-7-10(18(19)20)11(14)17-12/h1-4,7H,5-6H2,(H3,14,15,16,17). The monoisotopic (exact) mass is 277 g/mol. The van der Waals surface area contributed by atoms with Crippen LogP contribution >= 0.6 is 0 Å². The number of nitrogens with zero attached hydrogens (tertiary/aromatic N) is 3. The summed E-state index contributed by atoms with van der Waals surface area (Å²) in [4.78, 5) is 17.5. The summed E-state index contributed by atoms with van der Waals surface area (Å²) >= 11 is 0. The first-order valence-electron chi connectivity index (χ1n) is 5.81. The van der Waals surface area contributed by atoms with Crippen molar-refractivity contribution in [1.29, 1.82) is 0 Å². The molecule has 8 heteroatoms. The Bertz CT molecular complexity index is 618. The highest BCUT2D eigenvalue weighted by Crippen LogP contribution is 2.18. The molecule has 3 N–H and O–H groups in total. The van der Waals surface area contributed by atoms with Crippen molar-refractivity contribution in [3.05, 3.63) is 52.0 Å². The summed E-state index contributed by atoms with van der Waals surface area (Å²) in [5, 5.41) is 13.5. The van der Waals surface area contributed by atoms with Crippen LogP contribution in [-0.2, 0) is 6.42 Å². The van der Waals surface area contributed by atoms with Crippen molar-refractivity contribution in [2.75, 3.05) is 17.6 Å². The minimum atomic E-state index is -0.641. The number of benzene rings is 1. The lowest BCUT2D eigenvalue weighted by molar-refractivity contribution is -0.384. The van der Waals surface area contributed by atoms with Crippen LogP contribution in [0, 0.1) is 15.9 Å². The Kier molecular flexibility index (Phi) is 4.04. The number of nitrogen functional groups attached to an aromatic ring is 1. The van der Waals surface area contributed by atoms with E-state index in [2.05, 4.69) is 15.3 Å². The third kappa shape index (κ3) is 3.37. The van der Waals surface area contributed by atoms with E-state index in [-0.39, 0.29) is 23.3 Å². The number of nitro groups is 1. The van der Waals surface area contributed by atoms with E-state index in [1.165, 1.54) is 12.1 Å². The Balaban J connectivity index is 1.92. The van der Waals surface area contributed by atoms with Crippen molar-refractivity contribution in [3.63, 3.8) is 0 Å². The first-order valence-corrected chi connectivity index (χ1v) is 5.81. The van der Waals surface area contributed by atoms with E-state index in [0.29, 0.717) is 13.0 Å². The molecule has 0 aliphatic carbocycles. The van der Waals surface area contributed by atoms with E-state index >= 15 is 0 Å². The van der Waals surface area contributed by atoms with Gasteiger partial charge in [0, 0.05) is 6.54 Å². The highest BCUT2D eigenvalue weighted by molar-refractivity contribution is 5.53. The van der Waals surface area contributed by atoms with Crippen LogP contribution in [-0.4, -0.2) is 21.4 Å². The minimum absolute atomic E-state index is 0.186. The molecular weight excluding hydrogens is 265 g/mol. The van der Waals surface area contributed by atoms with Gasteiger partial charge in [0.15, 0.2) is 0 Å². The maximum absolute atomic E-state index is 12.7. The lowest BCUT2D eigenvalue weighted by atomic mass is 10.1. The molecule has 0 aliphatic heterocycles. The molecule has 1 heterocycles. The molecule has 1 aromatic carbocycles. The fourth-order valence-electron chi connectivity index (χ4n) is 1.58. The Morgan fingerprint density at radius 2 is 2.05 bits per heavy atom. The smallest absolute Gasteiger partial charge is 0.329 e. The number of nitrogens with two attached hydrogens (primary N) is 1. The molecule has 1 aromatic heterocycles. The molecule has 0 atom stereocenters. The predicted octanol–water partition coefficient (Wildman–Crippen LogP) is 1.76. The van der Waals surface area contributed by atoms with Crippen molar-refractivity contribution in [1.82, 2.24) is 9.97 Å². The summed E-state index contributed by atoms with van der Waals surface area (Å²) in [5.41, 5.74) is 6.08. The molecule has 0 fully saturated rings. The maximum Gasteiger partial charge on any atom is 0.329 e. The average Bonchev–Trinajstić information content (AvgIpc) is 2.41. The van der Waals surface area contributed by atoms with Crippen molar-refractivity contribution in [2.24, 2.45) is 0 Å². The zero-order chi connectivity index (χ0) is 14.5. The quantitative estimate of drug-likeness (QED) is 0.637. The highest BCUT2D eigenvalue weighted by atomic mass is 19.1. The lowest BCUT2D eigenvalue weighted by Crippen LogP contribution is -2.10. The van der Waals surface area contributed by atoms with Gasteiger partial charge >= 0.3 is 5.69 Å². The molecule has 0 saturated heterocycles. The van der Waals surface area contributed by atoms with Crippen molar-refractivity contribution in [3.8, 4) is 0 Å². The fourth-order valence-corrected chi connectivity index (χ4v) is 1.58. The molecule has 0 spiro atoms. The average molecular weight is 277 g/mol. The Hall–Kier alpha value is -2.77. The van der Waals surface area contributed by atoms with Gasteiger partial charge in [-0.2, -0.15) is 4.98 Å². The normalized spacial score (nSPS) is 10.2. The van der Waals surface area contributed by atoms with Gasteiger partial charge in [0.1, 0.15) is 12.0 Å². The SMILES string of the molecule is Nc1nc(NCCc2ccc(F)cc2)ncc1[N+](=O)[O-]. The Morgan fingerprint density at radius 1 is 1.35 bits per heavy atom. The summed E-state index contributed by atoms with van der Waals surface area (Å²) in [5.74, 6) is -0.252. The summed E-state index contributed by atoms with van der Waals surface area (Å²) in [6.07, 6.45) is 1.70. The first kappa shape index (κ1) is 13.7. The number of halogens is 1. The predicted molar refractivity (Wildman–Crippen MR) is 71.7 cm³/mol. The number of nitrogens with one attached hydrogen (secondary N) is 1. The summed E-state index contributed by atoms with van der Waals surface area (Å²) in [7, 11) is 0. The number of aromatic nitrogens is 2. The van der Waals surface area contributed by atoms with Crippen LogP contribution in [0.4, 0.5) is 21.8 Å². The van der Waals surface area contributed by atoms with Crippen LogP contribution in [0.5, 0.6) is 0 Å². The Morgan fingerprint density at radius 3 is 2.65 bits per heavy atom. The number of anilines is 2. The summed E-state index contributed by atoms with van der Waals surface area (Å²) in [6.45, 7) is 0.503. The lowest BCUT2D eigenvalue weighted by Gasteiger charge is -2.05. The molecule has 7 nitrogen and oxygen atoms in total. The zero-order valence-corrected chi connectivity index (χ0v) is 10.4. The Labute approximate surface area is 113 Å². The molecule has 2 rings (SSSR count). The number of rotatable bonds is 5. The van der Waals surface area contributed by atoms with Crippen LogP contribution < -0.4 is 11.1 Å². The first-order chi connectivity index (χ1) is 9.56. The molecule has 20 heavy (non-hydrogen) atoms. The van der Waals surface area contributed by atoms with Gasteiger partial charge in [0.2, 0.25) is 11.8 Å². The number of hydrogen-bond acceptors (Lipinski definition) is 6. The van der Waals surface area contributed by atoms with E-state index < -0.39 is 4.92 Å². The van der Waals surface area contributed by atoms with Crippen molar-refractivity contribution < 1.29 is 9.31 Å². The zero-order valence-electron chi connectivity index (χ0n) is 10.4. The van der Waals surface area contributed by atoms with Gasteiger partial charge in [-0.25, -0.2) is 9.37 Å². The maximum atomic E-state index is 12.7. The second kappa shape index (κ2) is 5.91. The minimum Gasteiger partial charge on any atom is -0.378 e. The molecule has 104 valence electrons. The third-order valence-corrected chi connectivity index (χ3v) is 2.60. The summed E-state index contributed by atoms with van der Waals surface area (Å²) < 4.78 is 12.7. The third-order valence-electron chi connectivity index (χ3n) is 2.60. The van der Waals surface area contributed by atoms with E-state index in [0.717, 1.165) is 11.8 Å². The van der Waals surface area contributed by atoms with Gasteiger partial charge < -0.3 is 11.1 Å². The molecule has 0 saturated carbocycles. The number of hydrogen-bond donors (Lipinski definition) is 2. The van der Waals surface area contributed by atoms with E-state index in [4.69, 9.17) is 5.73 Å². The topological polar surface area (TPSA) is 107 Å². The van der Waals surface area contributed by atoms with Crippen LogP contribution in [0.1, 0.15) is 5.56 Å². The van der Waals surface area contributed by atoms with Crippen LogP contribution in [0.15, 0.2) is 30.5 Å². The van der Waals surface area contributed by atoms with Gasteiger partial charge in [-0.15, -0.1) is 0 Å². The van der Waals surface area contributed by atoms with Crippen molar-refractivity contribution >= 4 is 17.5 Å². The van der Waals surface area contributed by atoms with Gasteiger partial charge in [0.05, 0.1) is 4.92 Å². The van der Waals surface area contributed by atoms with E-state index in [1.54, 1.807) is 12.1 Å². The highest BCUT2D eigenvalue weighted by Gasteiger charge is 2.13. The van der Waals surface area contributed by atoms with Gasteiger partial charge in [0.25, 0.3) is 0 Å². The van der Waals surface area contributed by atoms with Crippen LogP contribution in [0.25, 0.3) is 0 Å². The van der Waals surface area contributed by atoms with Crippen molar-refractivity contribution in [2.45, 2.75) is 6.42 Å². The second-order valence-corrected chi connectivity index (χ2v) is 4.02. The fraction of sp³-hybridized carbons (Fsp3) is 0.167. The van der Waals surface area contributed by atoms with Gasteiger partial charge in [-0.05, 0) is 24.1 Å². The molecular formula is C12H12FN5O2. The largest absolute Gasteiger partial charge is 0.378 e. The molecule has 0 radical (unpaired) electrons. The van der Waals surface area contributed by atoms with E-state index in [1.807, 2.05) is 0 Å². The molecule has 0 unspecified atom stereocenters. The van der Waals surface area contributed by atoms with Crippen LogP contribution in [0.3, 0.4) is 0 Å². The second-order valence-electron chi connectivity index (χ2n) is 4.02. The molecule has 0 amide bonds. The summed E-state index contributed by atoms with van der Waals surface area (Å²) in [6, 6.07) is 6.13. The molecule has 0 aliphatic rings. The van der Waals surface area contributed by atoms with Gasteiger partial charge in [-0.1, -0.05) is 12.1 Å². The molecule has 2 aromatic rings. The van der Waals surface area contributed by atoms with Crippen LogP contribution in [0.2, 0.25) is 0 Å². The molecule has 0 bridgehead atoms. The van der Waals surface area contributed by atoms with Gasteiger partial charge in [-0.3, -0.25) is 10.1 Å².